The number of rotatable bonds is 4. The summed E-state index contributed by atoms with van der Waals surface area (Å²) in [5, 5.41) is 15.5. The van der Waals surface area contributed by atoms with Crippen LogP contribution in [0.1, 0.15) is 58.9 Å². The third kappa shape index (κ3) is 4.76. The lowest BCUT2D eigenvalue weighted by molar-refractivity contribution is -0.145. The van der Waals surface area contributed by atoms with Crippen molar-refractivity contribution in [1.29, 1.82) is 5.26 Å². The fourth-order valence-corrected chi connectivity index (χ4v) is 3.77. The molecule has 0 spiro atoms. The highest BCUT2D eigenvalue weighted by Crippen LogP contribution is 2.38. The van der Waals surface area contributed by atoms with E-state index >= 15 is 0 Å². The number of aromatic nitrogens is 2. The van der Waals surface area contributed by atoms with Gasteiger partial charge in [0.15, 0.2) is 5.69 Å². The highest BCUT2D eigenvalue weighted by Gasteiger charge is 2.41. The maximum atomic E-state index is 13.4. The smallest absolute Gasteiger partial charge is 0.382 e. The summed E-state index contributed by atoms with van der Waals surface area (Å²) in [5.74, 6) is -1.23. The Kier molecular flexibility index (Phi) is 5.89. The topological polar surface area (TPSA) is 96.7 Å². The van der Waals surface area contributed by atoms with Gasteiger partial charge >= 0.3 is 12.4 Å². The largest absolute Gasteiger partial charge is 0.433 e. The summed E-state index contributed by atoms with van der Waals surface area (Å²) < 4.78 is 80.4. The van der Waals surface area contributed by atoms with E-state index in [0.29, 0.717) is 12.8 Å². The fourth-order valence-electron chi connectivity index (χ4n) is 3.77. The van der Waals surface area contributed by atoms with E-state index in [1.807, 2.05) is 0 Å². The van der Waals surface area contributed by atoms with Crippen LogP contribution in [0.3, 0.4) is 0 Å². The number of benzene rings is 1. The second-order valence-corrected chi connectivity index (χ2v) is 7.23. The summed E-state index contributed by atoms with van der Waals surface area (Å²) in [6.45, 7) is 0. The molecule has 0 atom stereocenters. The number of carbonyl (C=O) groups excluding carboxylic acids is 1. The lowest BCUT2D eigenvalue weighted by Gasteiger charge is -2.31. The van der Waals surface area contributed by atoms with Gasteiger partial charge in [0.2, 0.25) is 0 Å². The van der Waals surface area contributed by atoms with Crippen LogP contribution in [-0.4, -0.2) is 21.7 Å². The van der Waals surface area contributed by atoms with E-state index in [-0.39, 0.29) is 24.6 Å². The van der Waals surface area contributed by atoms with Crippen LogP contribution in [0, 0.1) is 11.3 Å². The van der Waals surface area contributed by atoms with Gasteiger partial charge in [0.1, 0.15) is 0 Å². The Bertz CT molecular complexity index is 1010. The van der Waals surface area contributed by atoms with Gasteiger partial charge < -0.3 is 11.1 Å². The van der Waals surface area contributed by atoms with Crippen LogP contribution in [0.4, 0.5) is 32.0 Å². The molecule has 6 nitrogen and oxygen atoms in total. The van der Waals surface area contributed by atoms with Crippen LogP contribution in [0.15, 0.2) is 24.4 Å². The quantitative estimate of drug-likeness (QED) is 0.678. The van der Waals surface area contributed by atoms with E-state index in [9.17, 15) is 31.1 Å². The number of nitriles is 1. The minimum Gasteiger partial charge on any atom is -0.382 e. The zero-order valence-corrected chi connectivity index (χ0v) is 15.9. The molecule has 31 heavy (non-hydrogen) atoms. The molecule has 0 unspecified atom stereocenters. The molecule has 0 aliphatic heterocycles. The van der Waals surface area contributed by atoms with Gasteiger partial charge in [-0.3, -0.25) is 9.48 Å². The first-order valence-corrected chi connectivity index (χ1v) is 9.24. The summed E-state index contributed by atoms with van der Waals surface area (Å²) >= 11 is 0. The van der Waals surface area contributed by atoms with Gasteiger partial charge in [-0.15, -0.1) is 0 Å². The van der Waals surface area contributed by atoms with Crippen molar-refractivity contribution in [3.8, 4) is 6.07 Å². The summed E-state index contributed by atoms with van der Waals surface area (Å²) in [5.41, 5.74) is 1.74. The molecule has 1 heterocycles. The lowest BCUT2D eigenvalue weighted by Crippen LogP contribution is -2.30. The van der Waals surface area contributed by atoms with Crippen LogP contribution in [0.25, 0.3) is 0 Å². The normalized spacial score (nSPS) is 19.6. The molecule has 1 amide bonds. The van der Waals surface area contributed by atoms with Crippen LogP contribution in [-0.2, 0) is 12.4 Å². The second-order valence-electron chi connectivity index (χ2n) is 7.23. The molecular weight excluding hydrogens is 428 g/mol. The number of nitrogens with two attached hydrogens (primary N) is 1. The van der Waals surface area contributed by atoms with Gasteiger partial charge in [-0.25, -0.2) is 0 Å². The third-order valence-corrected chi connectivity index (χ3v) is 5.19. The monoisotopic (exact) mass is 445 g/mol. The number of amides is 1. The van der Waals surface area contributed by atoms with E-state index in [1.54, 1.807) is 0 Å². The van der Waals surface area contributed by atoms with E-state index in [2.05, 4.69) is 10.4 Å². The van der Waals surface area contributed by atoms with Gasteiger partial charge in [0.25, 0.3) is 5.91 Å². The molecule has 12 heteroatoms. The van der Waals surface area contributed by atoms with Crippen molar-refractivity contribution in [2.24, 2.45) is 5.73 Å². The number of hydrogen-bond donors (Lipinski definition) is 2. The third-order valence-electron chi connectivity index (χ3n) is 5.19. The number of nitrogens with one attached hydrogen (secondary N) is 1. The van der Waals surface area contributed by atoms with Gasteiger partial charge in [0.05, 0.1) is 35.0 Å². The predicted molar refractivity (Wildman–Crippen MR) is 96.8 cm³/mol. The van der Waals surface area contributed by atoms with Crippen LogP contribution >= 0.6 is 0 Å². The molecular formula is C19H17F6N5O. The Morgan fingerprint density at radius 3 is 2.29 bits per heavy atom. The number of nitrogens with zero attached hydrogens (tertiary/aromatic N) is 3. The Balaban J connectivity index is 1.73. The van der Waals surface area contributed by atoms with Gasteiger partial charge in [-0.1, -0.05) is 0 Å². The summed E-state index contributed by atoms with van der Waals surface area (Å²) in [4.78, 5) is 11.3. The van der Waals surface area contributed by atoms with Crippen LogP contribution in [0.2, 0.25) is 0 Å². The minimum atomic E-state index is -4.81. The number of halogens is 6. The van der Waals surface area contributed by atoms with Crippen molar-refractivity contribution in [2.75, 3.05) is 5.32 Å². The molecule has 1 aliphatic rings. The molecule has 2 aromatic rings. The minimum absolute atomic E-state index is 0.167. The lowest BCUT2D eigenvalue weighted by atomic mass is 9.90. The predicted octanol–water partition coefficient (Wildman–Crippen LogP) is 4.49. The van der Waals surface area contributed by atoms with Crippen LogP contribution in [0.5, 0.6) is 0 Å². The summed E-state index contributed by atoms with van der Waals surface area (Å²) in [6.07, 6.45) is -7.43. The number of alkyl halides is 6. The van der Waals surface area contributed by atoms with Gasteiger partial charge in [-0.05, 0) is 43.9 Å². The second kappa shape index (κ2) is 8.13. The zero-order chi connectivity index (χ0) is 23.0. The van der Waals surface area contributed by atoms with E-state index < -0.39 is 46.7 Å². The number of primary amides is 1. The highest BCUT2D eigenvalue weighted by molar-refractivity contribution is 5.93. The molecule has 166 valence electrons. The van der Waals surface area contributed by atoms with Crippen molar-refractivity contribution >= 4 is 11.6 Å². The molecule has 3 rings (SSSR count). The van der Waals surface area contributed by atoms with Crippen molar-refractivity contribution in [3.05, 3.63) is 46.8 Å². The molecule has 0 radical (unpaired) electrons. The molecule has 3 N–H and O–H groups in total. The maximum absolute atomic E-state index is 13.4. The molecule has 1 aliphatic carbocycles. The Hall–Kier alpha value is -3.23. The highest BCUT2D eigenvalue weighted by atomic mass is 19.4. The number of carbonyl (C=O) groups is 1. The number of hydrogen-bond acceptors (Lipinski definition) is 4. The number of anilines is 1. The van der Waals surface area contributed by atoms with E-state index in [0.717, 1.165) is 23.0 Å². The summed E-state index contributed by atoms with van der Waals surface area (Å²) in [6, 6.07) is 3.87. The van der Waals surface area contributed by atoms with Gasteiger partial charge in [-0.2, -0.15) is 36.7 Å². The van der Waals surface area contributed by atoms with E-state index in [4.69, 9.17) is 11.0 Å². The first-order valence-electron chi connectivity index (χ1n) is 9.24. The Morgan fingerprint density at radius 2 is 1.77 bits per heavy atom. The fraction of sp³-hybridized carbons (Fsp3) is 0.421. The standard InChI is InChI=1S/C19H17F6N5O/c20-18(21,22)15-7-12(2-1-10(15)8-26)29-11-3-5-13(6-4-11)30-16(19(23,24)25)14(9-28-30)17(27)31/h1-2,7,9,11,13,29H,3-6H2,(H2,27,31). The molecule has 1 fully saturated rings. The summed E-state index contributed by atoms with van der Waals surface area (Å²) in [7, 11) is 0. The first kappa shape index (κ1) is 22.5. The average Bonchev–Trinajstić information content (AvgIpc) is 3.14. The van der Waals surface area contributed by atoms with Crippen molar-refractivity contribution in [2.45, 2.75) is 50.1 Å². The Labute approximate surface area is 172 Å². The molecule has 1 aromatic carbocycles. The molecule has 0 saturated heterocycles. The van der Waals surface area contributed by atoms with E-state index in [1.165, 1.54) is 12.1 Å². The molecule has 0 bridgehead atoms. The van der Waals surface area contributed by atoms with Crippen molar-refractivity contribution in [3.63, 3.8) is 0 Å². The van der Waals surface area contributed by atoms with Crippen molar-refractivity contribution < 1.29 is 31.1 Å². The maximum Gasteiger partial charge on any atom is 0.433 e. The molecule has 1 saturated carbocycles. The van der Waals surface area contributed by atoms with Crippen molar-refractivity contribution in [1.82, 2.24) is 9.78 Å². The average molecular weight is 445 g/mol. The Morgan fingerprint density at radius 1 is 1.13 bits per heavy atom. The first-order chi connectivity index (χ1) is 14.4. The zero-order valence-electron chi connectivity index (χ0n) is 15.9. The SMILES string of the molecule is N#Cc1ccc(NC2CCC(n3ncc(C(N)=O)c3C(F)(F)F)CC2)cc1C(F)(F)F. The van der Waals surface area contributed by atoms with Crippen LogP contribution < -0.4 is 11.1 Å². The molecule has 1 aromatic heterocycles. The van der Waals surface area contributed by atoms with Gasteiger partial charge in [0, 0.05) is 11.7 Å².